The molecular weight excluding hydrogens is 190 g/mol. The first kappa shape index (κ1) is 10.9. The van der Waals surface area contributed by atoms with E-state index < -0.39 is 6.61 Å². The van der Waals surface area contributed by atoms with Crippen molar-refractivity contribution < 1.29 is 18.3 Å². The average Bonchev–Trinajstić information content (AvgIpc) is 2.52. The minimum Gasteiger partial charge on any atom is -0.262 e. The first-order valence-electron chi connectivity index (χ1n) is 4.76. The van der Waals surface area contributed by atoms with Crippen molar-refractivity contribution in [3.8, 4) is 0 Å². The molecule has 80 valence electrons. The number of hydrogen-bond acceptors (Lipinski definition) is 1. The number of aryl methyl sites for hydroxylation is 1. The van der Waals surface area contributed by atoms with Crippen molar-refractivity contribution in [3.05, 3.63) is 18.2 Å². The molecule has 1 heterocycles. The highest BCUT2D eigenvalue weighted by Gasteiger charge is 2.11. The Hall–Kier alpha value is -1.13. The number of alkyl halides is 2. The van der Waals surface area contributed by atoms with Crippen LogP contribution >= 0.6 is 0 Å². The summed E-state index contributed by atoms with van der Waals surface area (Å²) >= 11 is 0. The summed E-state index contributed by atoms with van der Waals surface area (Å²) in [5.41, 5.74) is 0.916. The van der Waals surface area contributed by atoms with Crippen molar-refractivity contribution in [2.45, 2.75) is 39.2 Å². The number of aromatic amines is 1. The van der Waals surface area contributed by atoms with Crippen LogP contribution in [0, 0.1) is 0 Å². The van der Waals surface area contributed by atoms with E-state index in [2.05, 4.69) is 16.7 Å². The topological polar surface area (TPSA) is 28.9 Å². The second kappa shape index (κ2) is 5.57. The Bertz CT molecular complexity index is 263. The lowest BCUT2D eigenvalue weighted by Gasteiger charge is -1.94. The Morgan fingerprint density at radius 1 is 1.50 bits per heavy atom. The molecule has 0 saturated heterocycles. The lowest BCUT2D eigenvalue weighted by atomic mass is 10.2. The fourth-order valence-electron chi connectivity index (χ4n) is 1.23. The molecule has 0 atom stereocenters. The molecule has 0 aliphatic rings. The lowest BCUT2D eigenvalue weighted by Crippen LogP contribution is -2.43. The van der Waals surface area contributed by atoms with Gasteiger partial charge in [-0.05, 0) is 11.2 Å². The molecule has 0 bridgehead atoms. The van der Waals surface area contributed by atoms with Gasteiger partial charge in [0.2, 0.25) is 0 Å². The molecule has 1 N–H and O–H groups in total. The van der Waals surface area contributed by atoms with Gasteiger partial charge in [0.15, 0.2) is 6.20 Å². The number of imidazole rings is 1. The van der Waals surface area contributed by atoms with Gasteiger partial charge in [0, 0.05) is 6.42 Å². The van der Waals surface area contributed by atoms with Crippen LogP contribution in [0.5, 0.6) is 0 Å². The molecule has 0 radical (unpaired) electrons. The third-order valence-electron chi connectivity index (χ3n) is 1.91. The lowest BCUT2D eigenvalue weighted by molar-refractivity contribution is -0.908. The molecule has 0 saturated carbocycles. The predicted molar refractivity (Wildman–Crippen MR) is 46.8 cm³/mol. The zero-order valence-electron chi connectivity index (χ0n) is 8.17. The van der Waals surface area contributed by atoms with E-state index in [-0.39, 0.29) is 0 Å². The Kier molecular flexibility index (Phi) is 4.35. The number of halogens is 2. The van der Waals surface area contributed by atoms with Crippen LogP contribution in [0.25, 0.3) is 0 Å². The number of aromatic nitrogens is 2. The van der Waals surface area contributed by atoms with E-state index in [1.807, 2.05) is 0 Å². The Morgan fingerprint density at radius 3 is 2.93 bits per heavy atom. The van der Waals surface area contributed by atoms with E-state index in [0.29, 0.717) is 0 Å². The summed E-state index contributed by atoms with van der Waals surface area (Å²) in [6.45, 7) is -0.659. The molecule has 0 amide bonds. The molecule has 1 rings (SSSR count). The maximum absolute atomic E-state index is 11.8. The summed E-state index contributed by atoms with van der Waals surface area (Å²) in [5, 5.41) is 0. The molecule has 1 aromatic rings. The summed E-state index contributed by atoms with van der Waals surface area (Å²) in [4.78, 5) is 7.03. The molecule has 0 aromatic carbocycles. The summed E-state index contributed by atoms with van der Waals surface area (Å²) in [6, 6.07) is 0. The van der Waals surface area contributed by atoms with Gasteiger partial charge in [0.1, 0.15) is 5.69 Å². The zero-order valence-corrected chi connectivity index (χ0v) is 8.17. The SMILES string of the molecule is CCCCCc1c[n+](OC(F)F)c[nH]1. The predicted octanol–water partition coefficient (Wildman–Crippen LogP) is 1.69. The quantitative estimate of drug-likeness (QED) is 0.555. The molecule has 5 heteroatoms. The summed E-state index contributed by atoms with van der Waals surface area (Å²) < 4.78 is 24.6. The number of H-pyrrole nitrogens is 1. The third-order valence-corrected chi connectivity index (χ3v) is 1.91. The van der Waals surface area contributed by atoms with Gasteiger partial charge in [-0.3, -0.25) is 4.84 Å². The van der Waals surface area contributed by atoms with Crippen molar-refractivity contribution in [2.24, 2.45) is 0 Å². The standard InChI is InChI=1S/C9H14F2N2O/c1-2-3-4-5-8-6-13(7-12-8)14-9(10)11/h6-7,9H,2-5H2,1H3/p+1. The molecule has 1 aromatic heterocycles. The van der Waals surface area contributed by atoms with Crippen LogP contribution in [-0.4, -0.2) is 11.6 Å². The van der Waals surface area contributed by atoms with Crippen molar-refractivity contribution in [1.82, 2.24) is 4.98 Å². The van der Waals surface area contributed by atoms with Crippen LogP contribution in [0.1, 0.15) is 31.9 Å². The molecule has 0 spiro atoms. The smallest absolute Gasteiger partial charge is 0.262 e. The van der Waals surface area contributed by atoms with E-state index >= 15 is 0 Å². The van der Waals surface area contributed by atoms with Gasteiger partial charge in [-0.25, -0.2) is 4.98 Å². The van der Waals surface area contributed by atoms with E-state index in [4.69, 9.17) is 0 Å². The van der Waals surface area contributed by atoms with E-state index in [0.717, 1.165) is 36.1 Å². The van der Waals surface area contributed by atoms with E-state index in [1.54, 1.807) is 6.20 Å². The number of nitrogens with zero attached hydrogens (tertiary/aromatic N) is 1. The minimum absolute atomic E-state index is 0.868. The molecule has 3 nitrogen and oxygen atoms in total. The van der Waals surface area contributed by atoms with Crippen LogP contribution < -0.4 is 9.57 Å². The minimum atomic E-state index is -2.78. The monoisotopic (exact) mass is 205 g/mol. The first-order chi connectivity index (χ1) is 6.72. The molecule has 0 aliphatic carbocycles. The van der Waals surface area contributed by atoms with Gasteiger partial charge in [-0.2, -0.15) is 8.78 Å². The molecule has 0 unspecified atom stereocenters. The highest BCUT2D eigenvalue weighted by atomic mass is 19.3. The van der Waals surface area contributed by atoms with Crippen molar-refractivity contribution in [3.63, 3.8) is 0 Å². The van der Waals surface area contributed by atoms with Crippen LogP contribution in [0.15, 0.2) is 12.5 Å². The number of hydrogen-bond donors (Lipinski definition) is 1. The van der Waals surface area contributed by atoms with Gasteiger partial charge in [-0.1, -0.05) is 19.8 Å². The van der Waals surface area contributed by atoms with Crippen LogP contribution in [-0.2, 0) is 6.42 Å². The maximum atomic E-state index is 11.8. The normalized spacial score (nSPS) is 10.9. The van der Waals surface area contributed by atoms with Crippen molar-refractivity contribution in [2.75, 3.05) is 0 Å². The van der Waals surface area contributed by atoms with Gasteiger partial charge in [0.25, 0.3) is 6.33 Å². The fraction of sp³-hybridized carbons (Fsp3) is 0.667. The molecule has 0 aliphatic heterocycles. The van der Waals surface area contributed by atoms with E-state index in [9.17, 15) is 8.78 Å². The summed E-state index contributed by atoms with van der Waals surface area (Å²) in [7, 11) is 0. The fourth-order valence-corrected chi connectivity index (χ4v) is 1.23. The largest absolute Gasteiger partial charge is 0.426 e. The van der Waals surface area contributed by atoms with Gasteiger partial charge in [-0.15, -0.1) is 0 Å². The van der Waals surface area contributed by atoms with E-state index in [1.165, 1.54) is 6.33 Å². The summed E-state index contributed by atoms with van der Waals surface area (Å²) in [6.07, 6.45) is 7.15. The first-order valence-corrected chi connectivity index (χ1v) is 4.76. The average molecular weight is 205 g/mol. The van der Waals surface area contributed by atoms with Crippen LogP contribution in [0.3, 0.4) is 0 Å². The number of unbranched alkanes of at least 4 members (excludes halogenated alkanes) is 2. The Labute approximate surface area is 81.7 Å². The Balaban J connectivity index is 2.35. The maximum Gasteiger partial charge on any atom is 0.426 e. The number of nitrogens with one attached hydrogen (secondary N) is 1. The third kappa shape index (κ3) is 3.72. The van der Waals surface area contributed by atoms with Crippen LogP contribution in [0.4, 0.5) is 8.78 Å². The molecular formula is C9H15F2N2O+. The summed E-state index contributed by atoms with van der Waals surface area (Å²) in [5.74, 6) is 0. The molecule has 14 heavy (non-hydrogen) atoms. The van der Waals surface area contributed by atoms with Crippen LogP contribution in [0.2, 0.25) is 0 Å². The van der Waals surface area contributed by atoms with Gasteiger partial charge in [0.05, 0.1) is 0 Å². The second-order valence-corrected chi connectivity index (χ2v) is 3.11. The highest BCUT2D eigenvalue weighted by Crippen LogP contribution is 2.01. The van der Waals surface area contributed by atoms with Gasteiger partial charge >= 0.3 is 6.61 Å². The Morgan fingerprint density at radius 2 is 2.29 bits per heavy atom. The van der Waals surface area contributed by atoms with Crippen molar-refractivity contribution in [1.29, 1.82) is 0 Å². The van der Waals surface area contributed by atoms with Gasteiger partial charge < -0.3 is 0 Å². The zero-order chi connectivity index (χ0) is 10.4. The molecule has 0 fully saturated rings. The van der Waals surface area contributed by atoms with Crippen molar-refractivity contribution >= 4 is 0 Å². The highest BCUT2D eigenvalue weighted by molar-refractivity contribution is 4.88. The second-order valence-electron chi connectivity index (χ2n) is 3.11. The number of rotatable bonds is 6.